The first-order valence-electron chi connectivity index (χ1n) is 12.2. The third-order valence-corrected chi connectivity index (χ3v) is 7.82. The van der Waals surface area contributed by atoms with E-state index in [0.717, 1.165) is 25.6 Å². The molecule has 0 spiro atoms. The summed E-state index contributed by atoms with van der Waals surface area (Å²) in [7, 11) is -0.901. The number of carbonyl (C=O) groups excluding carboxylic acids is 1. The molecule has 0 aliphatic carbocycles. The molecule has 0 radical (unpaired) electrons. The monoisotopic (exact) mass is 523 g/mol. The van der Waals surface area contributed by atoms with Crippen molar-refractivity contribution in [1.29, 1.82) is 0 Å². The second kappa shape index (κ2) is 11.7. The molecule has 2 N–H and O–H groups in total. The fourth-order valence-corrected chi connectivity index (χ4v) is 5.53. The summed E-state index contributed by atoms with van der Waals surface area (Å²) < 4.78 is 38.7. The average molecular weight is 524 g/mol. The van der Waals surface area contributed by atoms with Crippen LogP contribution in [0.2, 0.25) is 0 Å². The number of hydrogen-bond donors (Lipinski definition) is 2. The Morgan fingerprint density at radius 2 is 1.73 bits per heavy atom. The topological polar surface area (TPSA) is 97.0 Å². The Hall–Kier alpha value is -3.56. The maximum Gasteiger partial charge on any atom is 0.262 e. The Balaban J connectivity index is 1.37. The molecule has 3 aromatic rings. The highest BCUT2D eigenvalue weighted by molar-refractivity contribution is 7.92. The third kappa shape index (κ3) is 6.81. The summed E-state index contributed by atoms with van der Waals surface area (Å²) in [6, 6.07) is 18.4. The fraction of sp³-hybridized carbons (Fsp3) is 0.321. The van der Waals surface area contributed by atoms with Crippen LogP contribution in [0, 0.1) is 5.92 Å². The molecule has 9 heteroatoms. The van der Waals surface area contributed by atoms with Crippen LogP contribution < -0.4 is 19.5 Å². The van der Waals surface area contributed by atoms with Crippen molar-refractivity contribution in [2.45, 2.75) is 31.2 Å². The maximum atomic E-state index is 12.9. The van der Waals surface area contributed by atoms with Crippen molar-refractivity contribution in [3.05, 3.63) is 77.9 Å². The van der Waals surface area contributed by atoms with Gasteiger partial charge in [-0.1, -0.05) is 19.1 Å². The highest BCUT2D eigenvalue weighted by Gasteiger charge is 2.18. The fourth-order valence-electron chi connectivity index (χ4n) is 4.46. The molecule has 196 valence electrons. The predicted molar refractivity (Wildman–Crippen MR) is 145 cm³/mol. The Morgan fingerprint density at radius 1 is 1.00 bits per heavy atom. The number of rotatable bonds is 9. The van der Waals surface area contributed by atoms with Gasteiger partial charge in [-0.05, 0) is 79.4 Å². The number of nitrogens with zero attached hydrogens (tertiary/aromatic N) is 1. The van der Waals surface area contributed by atoms with Gasteiger partial charge in [0.15, 0.2) is 0 Å². The van der Waals surface area contributed by atoms with Crippen LogP contribution in [0.3, 0.4) is 0 Å². The van der Waals surface area contributed by atoms with Crippen LogP contribution in [0.1, 0.15) is 35.7 Å². The van der Waals surface area contributed by atoms with E-state index in [-0.39, 0.29) is 10.8 Å². The number of hydrogen-bond acceptors (Lipinski definition) is 6. The highest BCUT2D eigenvalue weighted by Crippen LogP contribution is 2.31. The van der Waals surface area contributed by atoms with E-state index in [1.807, 2.05) is 24.3 Å². The average Bonchev–Trinajstić information content (AvgIpc) is 2.89. The van der Waals surface area contributed by atoms with Crippen LogP contribution in [0.15, 0.2) is 71.6 Å². The molecule has 4 rings (SSSR count). The molecule has 0 unspecified atom stereocenters. The molecule has 1 aliphatic rings. The van der Waals surface area contributed by atoms with E-state index in [9.17, 15) is 13.2 Å². The van der Waals surface area contributed by atoms with Crippen molar-refractivity contribution in [3.63, 3.8) is 0 Å². The lowest BCUT2D eigenvalue weighted by Gasteiger charge is -2.30. The zero-order valence-corrected chi connectivity index (χ0v) is 22.2. The summed E-state index contributed by atoms with van der Waals surface area (Å²) in [5.41, 5.74) is 2.51. The van der Waals surface area contributed by atoms with Gasteiger partial charge in [-0.2, -0.15) is 0 Å². The number of anilines is 2. The quantitative estimate of drug-likeness (QED) is 0.410. The van der Waals surface area contributed by atoms with Gasteiger partial charge in [0, 0.05) is 30.4 Å². The lowest BCUT2D eigenvalue weighted by molar-refractivity contribution is 0.102. The number of sulfonamides is 1. The van der Waals surface area contributed by atoms with Gasteiger partial charge in [0.25, 0.3) is 15.9 Å². The summed E-state index contributed by atoms with van der Waals surface area (Å²) in [5.74, 6) is 1.35. The van der Waals surface area contributed by atoms with E-state index in [0.29, 0.717) is 28.4 Å². The summed E-state index contributed by atoms with van der Waals surface area (Å²) >= 11 is 0. The first-order chi connectivity index (χ1) is 17.8. The van der Waals surface area contributed by atoms with Crippen LogP contribution >= 0.6 is 0 Å². The molecular formula is C28H33N3O5S. The summed E-state index contributed by atoms with van der Waals surface area (Å²) in [4.78, 5) is 15.2. The highest BCUT2D eigenvalue weighted by atomic mass is 32.2. The van der Waals surface area contributed by atoms with Gasteiger partial charge in [0.05, 0.1) is 24.8 Å². The third-order valence-electron chi connectivity index (χ3n) is 6.44. The summed E-state index contributed by atoms with van der Waals surface area (Å²) in [6.07, 6.45) is 2.52. The van der Waals surface area contributed by atoms with Gasteiger partial charge < -0.3 is 14.8 Å². The molecule has 0 bridgehead atoms. The number of amides is 1. The van der Waals surface area contributed by atoms with Crippen molar-refractivity contribution < 1.29 is 22.7 Å². The second-order valence-electron chi connectivity index (χ2n) is 9.33. The number of methoxy groups -OCH3 is 2. The van der Waals surface area contributed by atoms with Crippen molar-refractivity contribution in [2.24, 2.45) is 5.92 Å². The lowest BCUT2D eigenvalue weighted by atomic mass is 9.99. The van der Waals surface area contributed by atoms with Gasteiger partial charge in [-0.3, -0.25) is 14.4 Å². The molecule has 0 saturated carbocycles. The molecule has 1 atom stereocenters. The van der Waals surface area contributed by atoms with Crippen molar-refractivity contribution in [1.82, 2.24) is 4.90 Å². The second-order valence-corrected chi connectivity index (χ2v) is 11.0. The standard InChI is InChI=1S/C28H33N3O5S/c1-20-5-4-16-31(18-20)19-21-6-8-22(9-7-21)28(32)29-23-10-13-25(14-11-23)37(33,34)30-26-15-12-24(35-2)17-27(26)36-3/h6-15,17,20,30H,4-5,16,18-19H2,1-3H3,(H,29,32)/t20-/m0/s1. The molecule has 37 heavy (non-hydrogen) atoms. The van der Waals surface area contributed by atoms with Crippen LogP contribution in [0.5, 0.6) is 11.5 Å². The molecular weight excluding hydrogens is 490 g/mol. The van der Waals surface area contributed by atoms with Crippen LogP contribution in [0.25, 0.3) is 0 Å². The Labute approximate surface area is 218 Å². The Bertz CT molecular complexity index is 1320. The van der Waals surface area contributed by atoms with Gasteiger partial charge in [0.1, 0.15) is 11.5 Å². The SMILES string of the molecule is COc1ccc(NS(=O)(=O)c2ccc(NC(=O)c3ccc(CN4CCC[C@H](C)C4)cc3)cc2)c(OC)c1. The van der Waals surface area contributed by atoms with Crippen molar-refractivity contribution >= 4 is 27.3 Å². The zero-order valence-electron chi connectivity index (χ0n) is 21.4. The predicted octanol–water partition coefficient (Wildman–Crippen LogP) is 4.99. The number of nitrogens with one attached hydrogen (secondary N) is 2. The molecule has 1 saturated heterocycles. The van der Waals surface area contributed by atoms with Crippen molar-refractivity contribution in [2.75, 3.05) is 37.3 Å². The number of carbonyl (C=O) groups is 1. The first-order valence-corrected chi connectivity index (χ1v) is 13.7. The normalized spacial score (nSPS) is 16.1. The van der Waals surface area contributed by atoms with Gasteiger partial charge in [0.2, 0.25) is 0 Å². The molecule has 3 aromatic carbocycles. The van der Waals surface area contributed by atoms with Gasteiger partial charge >= 0.3 is 0 Å². The van der Waals surface area contributed by atoms with E-state index in [2.05, 4.69) is 21.9 Å². The smallest absolute Gasteiger partial charge is 0.262 e. The van der Waals surface area contributed by atoms with Crippen LogP contribution in [-0.4, -0.2) is 46.5 Å². The molecule has 1 heterocycles. The van der Waals surface area contributed by atoms with Crippen LogP contribution in [-0.2, 0) is 16.6 Å². The molecule has 1 fully saturated rings. The molecule has 1 aliphatic heterocycles. The van der Waals surface area contributed by atoms with Crippen LogP contribution in [0.4, 0.5) is 11.4 Å². The maximum absolute atomic E-state index is 12.9. The lowest BCUT2D eigenvalue weighted by Crippen LogP contribution is -2.33. The summed E-state index contributed by atoms with van der Waals surface area (Å²) in [5, 5.41) is 2.83. The minimum Gasteiger partial charge on any atom is -0.497 e. The van der Waals surface area contributed by atoms with E-state index < -0.39 is 10.0 Å². The minimum absolute atomic E-state index is 0.0553. The number of ether oxygens (including phenoxy) is 2. The number of piperidine rings is 1. The molecule has 0 aromatic heterocycles. The number of benzene rings is 3. The number of likely N-dealkylation sites (tertiary alicyclic amines) is 1. The first kappa shape index (κ1) is 26.5. The molecule has 8 nitrogen and oxygen atoms in total. The minimum atomic E-state index is -3.87. The van der Waals surface area contributed by atoms with E-state index >= 15 is 0 Å². The summed E-state index contributed by atoms with van der Waals surface area (Å²) in [6.45, 7) is 5.40. The van der Waals surface area contributed by atoms with Crippen molar-refractivity contribution in [3.8, 4) is 11.5 Å². The molecule has 1 amide bonds. The van der Waals surface area contributed by atoms with E-state index in [1.165, 1.54) is 44.8 Å². The zero-order chi connectivity index (χ0) is 26.4. The van der Waals surface area contributed by atoms with E-state index in [4.69, 9.17) is 9.47 Å². The van der Waals surface area contributed by atoms with E-state index in [1.54, 1.807) is 30.3 Å². The largest absolute Gasteiger partial charge is 0.497 e. The Kier molecular flexibility index (Phi) is 8.35. The van der Waals surface area contributed by atoms with Gasteiger partial charge in [-0.15, -0.1) is 0 Å². The Morgan fingerprint density at radius 3 is 2.38 bits per heavy atom. The van der Waals surface area contributed by atoms with Gasteiger partial charge in [-0.25, -0.2) is 8.42 Å².